The third kappa shape index (κ3) is 4.94. The van der Waals surface area contributed by atoms with E-state index in [1.807, 2.05) is 0 Å². The van der Waals surface area contributed by atoms with E-state index in [1.54, 1.807) is 18.2 Å². The van der Waals surface area contributed by atoms with Crippen LogP contribution in [0.2, 0.25) is 5.02 Å². The maximum absolute atomic E-state index is 14.1. The highest BCUT2D eigenvalue weighted by Crippen LogP contribution is 2.38. The van der Waals surface area contributed by atoms with Gasteiger partial charge >= 0.3 is 6.18 Å². The fraction of sp³-hybridized carbons (Fsp3) is 0.200. The van der Waals surface area contributed by atoms with Gasteiger partial charge in [0, 0.05) is 12.0 Å². The number of hydrogen-bond acceptors (Lipinski definition) is 3. The summed E-state index contributed by atoms with van der Waals surface area (Å²) in [7, 11) is -4.47. The minimum Gasteiger partial charge on any atom is -0.391 e. The van der Waals surface area contributed by atoms with Crippen LogP contribution in [0.5, 0.6) is 0 Å². The molecular formula is C25H20ClF4NO3S. The lowest BCUT2D eigenvalue weighted by Gasteiger charge is -2.39. The van der Waals surface area contributed by atoms with E-state index >= 15 is 0 Å². The number of halogens is 5. The van der Waals surface area contributed by atoms with Crippen LogP contribution in [0.15, 0.2) is 65.6 Å². The van der Waals surface area contributed by atoms with E-state index in [-0.39, 0.29) is 22.7 Å². The summed E-state index contributed by atoms with van der Waals surface area (Å²) in [5.41, 5.74) is 0.302. The molecule has 4 nitrogen and oxygen atoms in total. The lowest BCUT2D eigenvalue weighted by atomic mass is 9.95. The van der Waals surface area contributed by atoms with Gasteiger partial charge in [0.25, 0.3) is 10.0 Å². The zero-order valence-corrected chi connectivity index (χ0v) is 19.9. The highest BCUT2D eigenvalue weighted by atomic mass is 35.5. The molecule has 184 valence electrons. The van der Waals surface area contributed by atoms with E-state index in [9.17, 15) is 31.1 Å². The first-order chi connectivity index (χ1) is 16.4. The summed E-state index contributed by atoms with van der Waals surface area (Å²) in [5, 5.41) is 10.7. The molecule has 0 bridgehead atoms. The largest absolute Gasteiger partial charge is 0.416 e. The Morgan fingerprint density at radius 2 is 1.77 bits per heavy atom. The van der Waals surface area contributed by atoms with Gasteiger partial charge in [-0.2, -0.15) is 13.2 Å². The Bertz CT molecular complexity index is 1390. The van der Waals surface area contributed by atoms with Gasteiger partial charge in [-0.15, -0.1) is 0 Å². The van der Waals surface area contributed by atoms with E-state index in [0.717, 1.165) is 22.5 Å². The van der Waals surface area contributed by atoms with Crippen LogP contribution in [0, 0.1) is 5.82 Å². The molecule has 0 saturated carbocycles. The highest BCUT2D eigenvalue weighted by molar-refractivity contribution is 7.92. The van der Waals surface area contributed by atoms with E-state index < -0.39 is 44.6 Å². The Labute approximate surface area is 205 Å². The molecule has 1 aliphatic heterocycles. The first-order valence-corrected chi connectivity index (χ1v) is 12.4. The molecule has 1 heterocycles. The molecule has 0 spiro atoms. The Kier molecular flexibility index (Phi) is 6.70. The van der Waals surface area contributed by atoms with Crippen molar-refractivity contribution in [2.45, 2.75) is 36.6 Å². The van der Waals surface area contributed by atoms with Crippen molar-refractivity contribution >= 4 is 39.5 Å². The molecule has 3 aromatic rings. The van der Waals surface area contributed by atoms with Crippen molar-refractivity contribution in [3.05, 3.63) is 93.8 Å². The summed E-state index contributed by atoms with van der Waals surface area (Å²) < 4.78 is 81.8. The predicted octanol–water partition coefficient (Wildman–Crippen LogP) is 6.17. The van der Waals surface area contributed by atoms with Crippen molar-refractivity contribution < 1.29 is 31.1 Å². The lowest BCUT2D eigenvalue weighted by Crippen LogP contribution is -2.49. The first kappa shape index (κ1) is 25.2. The van der Waals surface area contributed by atoms with Gasteiger partial charge in [-0.25, -0.2) is 12.8 Å². The number of alkyl halides is 3. The van der Waals surface area contributed by atoms with E-state index in [1.165, 1.54) is 37.3 Å². The van der Waals surface area contributed by atoms with Crippen LogP contribution < -0.4 is 4.31 Å². The topological polar surface area (TPSA) is 57.6 Å². The zero-order valence-electron chi connectivity index (χ0n) is 18.3. The molecule has 0 aliphatic carbocycles. The third-order valence-corrected chi connectivity index (χ3v) is 8.09. The van der Waals surface area contributed by atoms with Crippen LogP contribution in [0.1, 0.15) is 29.2 Å². The molecule has 35 heavy (non-hydrogen) atoms. The smallest absolute Gasteiger partial charge is 0.391 e. The Balaban J connectivity index is 1.80. The summed E-state index contributed by atoms with van der Waals surface area (Å²) in [6.45, 7) is 1.49. The van der Waals surface area contributed by atoms with E-state index in [2.05, 4.69) is 0 Å². The second-order valence-corrected chi connectivity index (χ2v) is 10.4. The Morgan fingerprint density at radius 1 is 1.06 bits per heavy atom. The van der Waals surface area contributed by atoms with Gasteiger partial charge in [0.05, 0.1) is 33.3 Å². The Hall–Kier alpha value is -2.88. The summed E-state index contributed by atoms with van der Waals surface area (Å²) >= 11 is 6.06. The van der Waals surface area contributed by atoms with Gasteiger partial charge in [-0.05, 0) is 60.5 Å². The maximum Gasteiger partial charge on any atom is 0.416 e. The van der Waals surface area contributed by atoms with Gasteiger partial charge in [-0.1, -0.05) is 41.9 Å². The highest BCUT2D eigenvalue weighted by Gasteiger charge is 2.39. The molecule has 10 heteroatoms. The third-order valence-electron chi connectivity index (χ3n) is 5.86. The van der Waals surface area contributed by atoms with Gasteiger partial charge in [0.15, 0.2) is 0 Å². The number of fused-ring (bicyclic) bond motifs is 1. The molecule has 0 saturated heterocycles. The SMILES string of the molecule is CC1C(O)Cc2ccc(C=Cc3c(F)cccc3Cl)cc2N1S(=O)(=O)c1cccc(C(F)(F)F)c1. The average Bonchev–Trinajstić information content (AvgIpc) is 2.79. The normalized spacial score (nSPS) is 18.7. The van der Waals surface area contributed by atoms with Crippen LogP contribution in [0.25, 0.3) is 12.2 Å². The number of hydrogen-bond donors (Lipinski definition) is 1. The van der Waals surface area contributed by atoms with Crippen molar-refractivity contribution in [3.63, 3.8) is 0 Å². The molecule has 1 aliphatic rings. The monoisotopic (exact) mass is 525 g/mol. The fourth-order valence-corrected chi connectivity index (χ4v) is 5.96. The molecule has 4 rings (SSSR count). The van der Waals surface area contributed by atoms with Crippen molar-refractivity contribution in [1.82, 2.24) is 0 Å². The number of aliphatic hydroxyl groups excluding tert-OH is 1. The van der Waals surface area contributed by atoms with Gasteiger partial charge < -0.3 is 5.11 Å². The van der Waals surface area contributed by atoms with Crippen molar-refractivity contribution in [3.8, 4) is 0 Å². The van der Waals surface area contributed by atoms with Crippen molar-refractivity contribution in [1.29, 1.82) is 0 Å². The van der Waals surface area contributed by atoms with Gasteiger partial charge in [0.1, 0.15) is 5.82 Å². The van der Waals surface area contributed by atoms with Gasteiger partial charge in [0.2, 0.25) is 0 Å². The number of benzene rings is 3. The number of nitrogens with zero attached hydrogens (tertiary/aromatic N) is 1. The van der Waals surface area contributed by atoms with Crippen LogP contribution >= 0.6 is 11.6 Å². The maximum atomic E-state index is 14.1. The molecule has 0 aromatic heterocycles. The molecule has 0 amide bonds. The second-order valence-electron chi connectivity index (χ2n) is 8.20. The zero-order chi connectivity index (χ0) is 25.5. The quantitative estimate of drug-likeness (QED) is 0.327. The minimum atomic E-state index is -4.72. The summed E-state index contributed by atoms with van der Waals surface area (Å²) in [6, 6.07) is 11.6. The molecule has 2 atom stereocenters. The predicted molar refractivity (Wildman–Crippen MR) is 127 cm³/mol. The summed E-state index contributed by atoms with van der Waals surface area (Å²) in [6.07, 6.45) is -2.63. The van der Waals surface area contributed by atoms with Gasteiger partial charge in [-0.3, -0.25) is 4.31 Å². The van der Waals surface area contributed by atoms with E-state index in [0.29, 0.717) is 17.2 Å². The molecule has 2 unspecified atom stereocenters. The van der Waals surface area contributed by atoms with Crippen LogP contribution in [0.4, 0.5) is 23.2 Å². The van der Waals surface area contributed by atoms with Crippen LogP contribution in [0.3, 0.4) is 0 Å². The molecule has 3 aromatic carbocycles. The summed E-state index contributed by atoms with van der Waals surface area (Å²) in [5.74, 6) is -0.530. The number of sulfonamides is 1. The number of rotatable bonds is 4. The average molecular weight is 526 g/mol. The lowest BCUT2D eigenvalue weighted by molar-refractivity contribution is -0.137. The van der Waals surface area contributed by atoms with Crippen LogP contribution in [-0.2, 0) is 22.6 Å². The Morgan fingerprint density at radius 3 is 2.46 bits per heavy atom. The molecule has 0 fully saturated rings. The van der Waals surface area contributed by atoms with E-state index in [4.69, 9.17) is 11.6 Å². The first-order valence-electron chi connectivity index (χ1n) is 10.5. The number of aliphatic hydroxyl groups is 1. The van der Waals surface area contributed by atoms with Crippen molar-refractivity contribution in [2.24, 2.45) is 0 Å². The molecular weight excluding hydrogens is 506 g/mol. The number of anilines is 1. The molecule has 0 radical (unpaired) electrons. The summed E-state index contributed by atoms with van der Waals surface area (Å²) in [4.78, 5) is -0.543. The standard InChI is InChI=1S/C25H20ClF4NO3S/c1-15-24(32)13-17-10-8-16(9-11-20-21(26)6-3-7-22(20)27)12-23(17)31(15)35(33,34)19-5-2-4-18(14-19)25(28,29)30/h2-12,14-15,24,32H,13H2,1H3. The van der Waals surface area contributed by atoms with Crippen LogP contribution in [-0.4, -0.2) is 25.7 Å². The fourth-order valence-electron chi connectivity index (χ4n) is 3.98. The molecule has 1 N–H and O–H groups in total. The second kappa shape index (κ2) is 9.29. The minimum absolute atomic E-state index is 0.157. The van der Waals surface area contributed by atoms with Crippen molar-refractivity contribution in [2.75, 3.05) is 4.31 Å².